The van der Waals surface area contributed by atoms with Crippen LogP contribution in [0.2, 0.25) is 0 Å². The minimum absolute atomic E-state index is 0.0433. The Balaban J connectivity index is 1.94. The summed E-state index contributed by atoms with van der Waals surface area (Å²) in [6, 6.07) is 7.09. The Bertz CT molecular complexity index is 942. The number of ether oxygens (including phenoxy) is 2. The number of aryl methyl sites for hydroxylation is 1. The highest BCUT2D eigenvalue weighted by atomic mass is 19.1. The molecule has 1 N–H and O–H groups in total. The van der Waals surface area contributed by atoms with E-state index >= 15 is 0 Å². The van der Waals surface area contributed by atoms with Gasteiger partial charge in [0.15, 0.2) is 23.1 Å². The van der Waals surface area contributed by atoms with Crippen LogP contribution in [0, 0.1) is 18.6 Å². The lowest BCUT2D eigenvalue weighted by Gasteiger charge is -2.08. The molecule has 0 unspecified atom stereocenters. The van der Waals surface area contributed by atoms with Gasteiger partial charge in [-0.25, -0.2) is 8.78 Å². The monoisotopic (exact) mass is 347 g/mol. The van der Waals surface area contributed by atoms with Gasteiger partial charge in [0.05, 0.1) is 14.2 Å². The van der Waals surface area contributed by atoms with Crippen LogP contribution in [-0.2, 0) is 0 Å². The van der Waals surface area contributed by atoms with E-state index in [1.54, 1.807) is 25.1 Å². The molecule has 25 heavy (non-hydrogen) atoms. The van der Waals surface area contributed by atoms with E-state index in [0.717, 1.165) is 24.6 Å². The molecule has 1 heterocycles. The fourth-order valence-corrected chi connectivity index (χ4v) is 2.56. The largest absolute Gasteiger partial charge is 0.497 e. The number of fused-ring (bicyclic) bond motifs is 1. The molecule has 0 radical (unpaired) electrons. The van der Waals surface area contributed by atoms with Gasteiger partial charge in [0, 0.05) is 28.8 Å². The molecular formula is C18H15F2NO4. The summed E-state index contributed by atoms with van der Waals surface area (Å²) in [4.78, 5) is 12.4. The van der Waals surface area contributed by atoms with Crippen LogP contribution in [0.3, 0.4) is 0 Å². The second-order valence-electron chi connectivity index (χ2n) is 5.35. The van der Waals surface area contributed by atoms with Crippen LogP contribution in [0.4, 0.5) is 14.5 Å². The lowest BCUT2D eigenvalue weighted by atomic mass is 10.1. The maximum Gasteiger partial charge on any atom is 0.291 e. The minimum Gasteiger partial charge on any atom is -0.497 e. The fourth-order valence-electron chi connectivity index (χ4n) is 2.56. The summed E-state index contributed by atoms with van der Waals surface area (Å²) in [6.45, 7) is 1.72. The van der Waals surface area contributed by atoms with Crippen LogP contribution in [0.15, 0.2) is 34.7 Å². The first-order valence-corrected chi connectivity index (χ1v) is 7.36. The van der Waals surface area contributed by atoms with Crippen molar-refractivity contribution in [2.75, 3.05) is 19.5 Å². The molecule has 5 nitrogen and oxygen atoms in total. The Morgan fingerprint density at radius 3 is 2.36 bits per heavy atom. The number of benzene rings is 2. The molecule has 2 aromatic carbocycles. The summed E-state index contributed by atoms with van der Waals surface area (Å²) < 4.78 is 42.8. The van der Waals surface area contributed by atoms with Crippen LogP contribution >= 0.6 is 0 Å². The number of carbonyl (C=O) groups is 1. The van der Waals surface area contributed by atoms with Crippen LogP contribution in [0.1, 0.15) is 16.1 Å². The topological polar surface area (TPSA) is 60.7 Å². The predicted molar refractivity (Wildman–Crippen MR) is 88.4 cm³/mol. The zero-order chi connectivity index (χ0) is 18.1. The third-order valence-electron chi connectivity index (χ3n) is 3.81. The van der Waals surface area contributed by atoms with Crippen LogP contribution in [0.25, 0.3) is 11.0 Å². The minimum atomic E-state index is -0.913. The molecule has 0 bridgehead atoms. The van der Waals surface area contributed by atoms with Crippen LogP contribution < -0.4 is 14.8 Å². The summed E-state index contributed by atoms with van der Waals surface area (Å²) >= 11 is 0. The SMILES string of the molecule is COc1ccc2oc(C(=O)Nc3cc(F)c(OC)c(F)c3)c(C)c2c1. The van der Waals surface area contributed by atoms with Gasteiger partial charge in [-0.3, -0.25) is 4.79 Å². The molecule has 0 saturated carbocycles. The van der Waals surface area contributed by atoms with Crippen molar-refractivity contribution in [2.45, 2.75) is 6.92 Å². The van der Waals surface area contributed by atoms with Gasteiger partial charge in [0.2, 0.25) is 0 Å². The number of anilines is 1. The number of halogens is 2. The molecule has 0 spiro atoms. The van der Waals surface area contributed by atoms with Gasteiger partial charge < -0.3 is 19.2 Å². The van der Waals surface area contributed by atoms with E-state index in [4.69, 9.17) is 9.15 Å². The van der Waals surface area contributed by atoms with Gasteiger partial charge in [-0.2, -0.15) is 0 Å². The first-order valence-electron chi connectivity index (χ1n) is 7.36. The standard InChI is InChI=1S/C18H15F2NO4/c1-9-12-8-11(23-2)4-5-15(12)25-16(9)18(22)21-10-6-13(19)17(24-3)14(20)7-10/h4-8H,1-3H3,(H,21,22). The van der Waals surface area contributed by atoms with Crippen molar-refractivity contribution in [2.24, 2.45) is 0 Å². The summed E-state index contributed by atoms with van der Waals surface area (Å²) in [7, 11) is 2.70. The number of furan rings is 1. The summed E-state index contributed by atoms with van der Waals surface area (Å²) in [5.74, 6) is -2.27. The smallest absolute Gasteiger partial charge is 0.291 e. The van der Waals surface area contributed by atoms with Crippen molar-refractivity contribution in [1.82, 2.24) is 0 Å². The van der Waals surface area contributed by atoms with Gasteiger partial charge in [-0.15, -0.1) is 0 Å². The maximum atomic E-state index is 13.7. The summed E-state index contributed by atoms with van der Waals surface area (Å²) in [5, 5.41) is 3.14. The number of hydrogen-bond donors (Lipinski definition) is 1. The quantitative estimate of drug-likeness (QED) is 0.765. The average molecular weight is 347 g/mol. The van der Waals surface area contributed by atoms with E-state index in [1.807, 2.05) is 0 Å². The fraction of sp³-hybridized carbons (Fsp3) is 0.167. The Hall–Kier alpha value is -3.09. The maximum absolute atomic E-state index is 13.7. The first kappa shape index (κ1) is 16.8. The Morgan fingerprint density at radius 1 is 1.08 bits per heavy atom. The molecule has 3 rings (SSSR count). The molecule has 0 fully saturated rings. The van der Waals surface area contributed by atoms with E-state index in [9.17, 15) is 13.6 Å². The Morgan fingerprint density at radius 2 is 1.76 bits per heavy atom. The Kier molecular flexibility index (Phi) is 4.31. The lowest BCUT2D eigenvalue weighted by molar-refractivity contribution is 0.0998. The highest BCUT2D eigenvalue weighted by Gasteiger charge is 2.20. The van der Waals surface area contributed by atoms with Gasteiger partial charge in [-0.1, -0.05) is 0 Å². The van der Waals surface area contributed by atoms with Crippen molar-refractivity contribution < 1.29 is 27.5 Å². The number of carbonyl (C=O) groups excluding carboxylic acids is 1. The summed E-state index contributed by atoms with van der Waals surface area (Å²) in [6.07, 6.45) is 0. The molecule has 1 amide bonds. The lowest BCUT2D eigenvalue weighted by Crippen LogP contribution is -2.12. The van der Waals surface area contributed by atoms with E-state index in [2.05, 4.69) is 10.1 Å². The average Bonchev–Trinajstić information content (AvgIpc) is 2.91. The highest BCUT2D eigenvalue weighted by Crippen LogP contribution is 2.30. The molecule has 0 saturated heterocycles. The third kappa shape index (κ3) is 3.00. The van der Waals surface area contributed by atoms with Crippen molar-refractivity contribution in [3.05, 3.63) is 53.3 Å². The van der Waals surface area contributed by atoms with Gasteiger partial charge >= 0.3 is 0 Å². The van der Waals surface area contributed by atoms with E-state index < -0.39 is 23.3 Å². The normalized spacial score (nSPS) is 10.8. The number of rotatable bonds is 4. The van der Waals surface area contributed by atoms with Crippen molar-refractivity contribution in [1.29, 1.82) is 0 Å². The molecule has 0 aliphatic carbocycles. The van der Waals surface area contributed by atoms with Gasteiger partial charge in [0.1, 0.15) is 11.3 Å². The van der Waals surface area contributed by atoms with Crippen molar-refractivity contribution in [3.63, 3.8) is 0 Å². The molecule has 3 aromatic rings. The number of amides is 1. The van der Waals surface area contributed by atoms with Crippen molar-refractivity contribution in [3.8, 4) is 11.5 Å². The second kappa shape index (κ2) is 6.43. The Labute approximate surface area is 142 Å². The van der Waals surface area contributed by atoms with Crippen molar-refractivity contribution >= 4 is 22.6 Å². The molecule has 0 atom stereocenters. The van der Waals surface area contributed by atoms with Crippen LogP contribution in [-0.4, -0.2) is 20.1 Å². The van der Waals surface area contributed by atoms with E-state index in [-0.39, 0.29) is 11.4 Å². The molecule has 7 heteroatoms. The van der Waals surface area contributed by atoms with E-state index in [1.165, 1.54) is 7.11 Å². The second-order valence-corrected chi connectivity index (χ2v) is 5.35. The molecule has 0 aliphatic heterocycles. The molecule has 0 aliphatic rings. The highest BCUT2D eigenvalue weighted by molar-refractivity contribution is 6.06. The zero-order valence-electron chi connectivity index (χ0n) is 13.8. The number of hydrogen-bond acceptors (Lipinski definition) is 4. The molecular weight excluding hydrogens is 332 g/mol. The number of nitrogens with one attached hydrogen (secondary N) is 1. The molecule has 1 aromatic heterocycles. The predicted octanol–water partition coefficient (Wildman–Crippen LogP) is 4.29. The van der Waals surface area contributed by atoms with Gasteiger partial charge in [-0.05, 0) is 25.1 Å². The third-order valence-corrected chi connectivity index (χ3v) is 3.81. The molecule has 130 valence electrons. The van der Waals surface area contributed by atoms with E-state index in [0.29, 0.717) is 16.9 Å². The van der Waals surface area contributed by atoms with Gasteiger partial charge in [0.25, 0.3) is 5.91 Å². The number of methoxy groups -OCH3 is 2. The van der Waals surface area contributed by atoms with Crippen LogP contribution in [0.5, 0.6) is 11.5 Å². The zero-order valence-corrected chi connectivity index (χ0v) is 13.8. The first-order chi connectivity index (χ1) is 11.9. The summed E-state index contributed by atoms with van der Waals surface area (Å²) in [5.41, 5.74) is 1.06.